The van der Waals surface area contributed by atoms with Crippen LogP contribution in [0.3, 0.4) is 0 Å². The summed E-state index contributed by atoms with van der Waals surface area (Å²) in [6.07, 6.45) is 0. The number of carbonyl (C=O) groups is 1. The molecule has 0 aromatic heterocycles. The Bertz CT molecular complexity index is 742. The van der Waals surface area contributed by atoms with Crippen molar-refractivity contribution in [2.24, 2.45) is 0 Å². The fourth-order valence-electron chi connectivity index (χ4n) is 2.78. The van der Waals surface area contributed by atoms with E-state index in [1.807, 2.05) is 12.1 Å². The van der Waals surface area contributed by atoms with Crippen molar-refractivity contribution in [1.29, 1.82) is 0 Å². The third-order valence-corrected chi connectivity index (χ3v) is 4.59. The smallest absolute Gasteiger partial charge is 0.246 e. The molecule has 7 heteroatoms. The molecule has 0 radical (unpaired) electrons. The van der Waals surface area contributed by atoms with Crippen LogP contribution in [0.1, 0.15) is 6.92 Å². The molecule has 1 amide bonds. The van der Waals surface area contributed by atoms with Gasteiger partial charge in [-0.05, 0) is 49.4 Å². The number of rotatable bonds is 5. The lowest BCUT2D eigenvalue weighted by Crippen LogP contribution is -2.36. The summed E-state index contributed by atoms with van der Waals surface area (Å²) < 4.78 is 5.37. The van der Waals surface area contributed by atoms with Crippen LogP contribution >= 0.6 is 23.2 Å². The van der Waals surface area contributed by atoms with Crippen molar-refractivity contribution >= 4 is 46.2 Å². The molecule has 3 rings (SSSR count). The van der Waals surface area contributed by atoms with Gasteiger partial charge in [0.1, 0.15) is 6.04 Å². The monoisotopic (exact) mass is 393 g/mol. The first-order valence-electron chi connectivity index (χ1n) is 8.47. The summed E-state index contributed by atoms with van der Waals surface area (Å²) in [6, 6.07) is 12.6. The number of morpholine rings is 1. The first-order chi connectivity index (χ1) is 12.5. The summed E-state index contributed by atoms with van der Waals surface area (Å²) in [5.41, 5.74) is 2.61. The van der Waals surface area contributed by atoms with Gasteiger partial charge in [-0.15, -0.1) is 0 Å². The van der Waals surface area contributed by atoms with Crippen molar-refractivity contribution < 1.29 is 9.53 Å². The summed E-state index contributed by atoms with van der Waals surface area (Å²) >= 11 is 11.9. The second-order valence-electron chi connectivity index (χ2n) is 6.16. The Kier molecular flexibility index (Phi) is 6.25. The highest BCUT2D eigenvalue weighted by Crippen LogP contribution is 2.23. The van der Waals surface area contributed by atoms with Crippen LogP contribution in [0, 0.1) is 0 Å². The average molecular weight is 394 g/mol. The molecule has 2 aromatic carbocycles. The highest BCUT2D eigenvalue weighted by molar-refractivity contribution is 6.35. The van der Waals surface area contributed by atoms with E-state index in [1.165, 1.54) is 0 Å². The van der Waals surface area contributed by atoms with E-state index in [9.17, 15) is 4.79 Å². The fourth-order valence-corrected chi connectivity index (χ4v) is 3.31. The Labute approximate surface area is 163 Å². The first-order valence-corrected chi connectivity index (χ1v) is 9.23. The van der Waals surface area contributed by atoms with Crippen LogP contribution in [0.5, 0.6) is 0 Å². The predicted molar refractivity (Wildman–Crippen MR) is 108 cm³/mol. The maximum Gasteiger partial charge on any atom is 0.246 e. The lowest BCUT2D eigenvalue weighted by atomic mass is 10.2. The summed E-state index contributed by atoms with van der Waals surface area (Å²) in [4.78, 5) is 14.7. The molecule has 1 aliphatic rings. The highest BCUT2D eigenvalue weighted by atomic mass is 35.5. The van der Waals surface area contributed by atoms with Crippen molar-refractivity contribution in [3.63, 3.8) is 0 Å². The normalized spacial score (nSPS) is 15.4. The number of hydrogen-bond acceptors (Lipinski definition) is 4. The molecule has 138 valence electrons. The zero-order valence-corrected chi connectivity index (χ0v) is 16.0. The highest BCUT2D eigenvalue weighted by Gasteiger charge is 2.14. The van der Waals surface area contributed by atoms with Crippen molar-refractivity contribution in [2.75, 3.05) is 41.8 Å². The van der Waals surface area contributed by atoms with Crippen LogP contribution in [0.2, 0.25) is 10.0 Å². The van der Waals surface area contributed by atoms with E-state index < -0.39 is 6.04 Å². The number of ether oxygens (including phenoxy) is 1. The van der Waals surface area contributed by atoms with E-state index in [-0.39, 0.29) is 5.91 Å². The van der Waals surface area contributed by atoms with Gasteiger partial charge in [0.05, 0.1) is 13.2 Å². The molecule has 0 bridgehead atoms. The SMILES string of the molecule is C[C@@H](Nc1ccc(N2CCOCC2)cc1)C(=O)Nc1cc(Cl)cc(Cl)c1. The fraction of sp³-hybridized carbons (Fsp3) is 0.316. The van der Waals surface area contributed by atoms with Crippen molar-refractivity contribution in [3.05, 3.63) is 52.5 Å². The number of halogens is 2. The van der Waals surface area contributed by atoms with E-state index in [0.29, 0.717) is 15.7 Å². The van der Waals surface area contributed by atoms with Gasteiger partial charge in [-0.3, -0.25) is 4.79 Å². The molecule has 26 heavy (non-hydrogen) atoms. The van der Waals surface area contributed by atoms with Gasteiger partial charge in [-0.1, -0.05) is 23.2 Å². The quantitative estimate of drug-likeness (QED) is 0.796. The maximum absolute atomic E-state index is 12.4. The van der Waals surface area contributed by atoms with E-state index >= 15 is 0 Å². The average Bonchev–Trinajstić information content (AvgIpc) is 2.62. The Balaban J connectivity index is 1.58. The van der Waals surface area contributed by atoms with Gasteiger partial charge in [0, 0.05) is 40.2 Å². The van der Waals surface area contributed by atoms with Crippen LogP contribution in [0.15, 0.2) is 42.5 Å². The van der Waals surface area contributed by atoms with Gasteiger partial charge in [-0.25, -0.2) is 0 Å². The van der Waals surface area contributed by atoms with Crippen molar-refractivity contribution in [3.8, 4) is 0 Å². The Morgan fingerprint density at radius 2 is 1.65 bits per heavy atom. The molecule has 0 unspecified atom stereocenters. The molecular weight excluding hydrogens is 373 g/mol. The largest absolute Gasteiger partial charge is 0.378 e. The van der Waals surface area contributed by atoms with Crippen LogP contribution in [-0.2, 0) is 9.53 Å². The van der Waals surface area contributed by atoms with E-state index in [1.54, 1.807) is 25.1 Å². The Morgan fingerprint density at radius 3 is 2.27 bits per heavy atom. The Morgan fingerprint density at radius 1 is 1.04 bits per heavy atom. The number of nitrogens with zero attached hydrogens (tertiary/aromatic N) is 1. The third-order valence-electron chi connectivity index (χ3n) is 4.15. The summed E-state index contributed by atoms with van der Waals surface area (Å²) in [7, 11) is 0. The lowest BCUT2D eigenvalue weighted by molar-refractivity contribution is -0.116. The second kappa shape index (κ2) is 8.62. The van der Waals surface area contributed by atoms with Crippen molar-refractivity contribution in [2.45, 2.75) is 13.0 Å². The summed E-state index contributed by atoms with van der Waals surface area (Å²) in [5.74, 6) is -0.166. The molecule has 1 fully saturated rings. The van der Waals surface area contributed by atoms with Crippen LogP contribution in [-0.4, -0.2) is 38.3 Å². The van der Waals surface area contributed by atoms with Crippen LogP contribution < -0.4 is 15.5 Å². The maximum atomic E-state index is 12.4. The third kappa shape index (κ3) is 5.04. The standard InChI is InChI=1S/C19H21Cl2N3O2/c1-13(19(25)23-17-11-14(20)10-15(21)12-17)22-16-2-4-18(5-3-16)24-6-8-26-9-7-24/h2-5,10-13,22H,6-9H2,1H3,(H,23,25)/t13-/m1/s1. The first kappa shape index (κ1) is 18.8. The minimum atomic E-state index is -0.415. The zero-order valence-electron chi connectivity index (χ0n) is 14.5. The van der Waals surface area contributed by atoms with Gasteiger partial charge in [0.15, 0.2) is 0 Å². The number of anilines is 3. The molecule has 2 N–H and O–H groups in total. The number of nitrogens with one attached hydrogen (secondary N) is 2. The van der Waals surface area contributed by atoms with Gasteiger partial charge in [-0.2, -0.15) is 0 Å². The van der Waals surface area contributed by atoms with Crippen LogP contribution in [0.4, 0.5) is 17.1 Å². The lowest BCUT2D eigenvalue weighted by Gasteiger charge is -2.29. The zero-order chi connectivity index (χ0) is 18.5. The van der Waals surface area contributed by atoms with Crippen molar-refractivity contribution in [1.82, 2.24) is 0 Å². The molecule has 0 spiro atoms. The molecule has 0 saturated carbocycles. The minimum absolute atomic E-state index is 0.166. The van der Waals surface area contributed by atoms with E-state index in [0.717, 1.165) is 37.7 Å². The predicted octanol–water partition coefficient (Wildman–Crippen LogP) is 4.27. The summed E-state index contributed by atoms with van der Waals surface area (Å²) in [6.45, 7) is 5.11. The molecule has 2 aromatic rings. The number of amides is 1. The molecule has 1 aliphatic heterocycles. The molecule has 1 heterocycles. The number of benzene rings is 2. The number of hydrogen-bond donors (Lipinski definition) is 2. The van der Waals surface area contributed by atoms with Gasteiger partial charge < -0.3 is 20.3 Å². The molecule has 5 nitrogen and oxygen atoms in total. The van der Waals surface area contributed by atoms with Crippen LogP contribution in [0.25, 0.3) is 0 Å². The van der Waals surface area contributed by atoms with E-state index in [2.05, 4.69) is 27.7 Å². The van der Waals surface area contributed by atoms with Gasteiger partial charge in [0.25, 0.3) is 0 Å². The second-order valence-corrected chi connectivity index (χ2v) is 7.03. The molecule has 1 atom stereocenters. The minimum Gasteiger partial charge on any atom is -0.378 e. The molecular formula is C19H21Cl2N3O2. The Hall–Kier alpha value is -1.95. The topological polar surface area (TPSA) is 53.6 Å². The van der Waals surface area contributed by atoms with Gasteiger partial charge >= 0.3 is 0 Å². The molecule has 0 aliphatic carbocycles. The summed E-state index contributed by atoms with van der Waals surface area (Å²) in [5, 5.41) is 6.97. The molecule has 1 saturated heterocycles. The van der Waals surface area contributed by atoms with E-state index in [4.69, 9.17) is 27.9 Å². The number of carbonyl (C=O) groups excluding carboxylic acids is 1. The van der Waals surface area contributed by atoms with Gasteiger partial charge in [0.2, 0.25) is 5.91 Å².